The van der Waals surface area contributed by atoms with Crippen LogP contribution in [-0.2, 0) is 13.5 Å². The molecular formula is C25H20F3N5O. The van der Waals surface area contributed by atoms with Gasteiger partial charge in [0.05, 0.1) is 34.0 Å². The van der Waals surface area contributed by atoms with Crippen LogP contribution in [0, 0.1) is 17.5 Å². The van der Waals surface area contributed by atoms with Crippen LogP contribution in [0.2, 0.25) is 0 Å². The SMILES string of the molecule is Cn1nc2c(c1-c1cc(F)c(F)c(F)c1)C[C@H]1CCC[C@H]2N1C(=O)c1cnc2cccnc2c1. The maximum Gasteiger partial charge on any atom is 0.256 e. The minimum absolute atomic E-state index is 0.0868. The fraction of sp³-hybridized carbons (Fsp3) is 0.280. The largest absolute Gasteiger partial charge is 0.327 e. The average Bonchev–Trinajstić information content (AvgIpc) is 3.16. The molecule has 1 aromatic carbocycles. The Morgan fingerprint density at radius 1 is 1.06 bits per heavy atom. The summed E-state index contributed by atoms with van der Waals surface area (Å²) in [4.78, 5) is 24.2. The highest BCUT2D eigenvalue weighted by molar-refractivity contribution is 5.97. The van der Waals surface area contributed by atoms with Gasteiger partial charge < -0.3 is 4.90 Å². The van der Waals surface area contributed by atoms with Gasteiger partial charge in [-0.3, -0.25) is 19.4 Å². The normalized spacial score (nSPS) is 19.4. The van der Waals surface area contributed by atoms with Gasteiger partial charge in [0.2, 0.25) is 0 Å². The van der Waals surface area contributed by atoms with E-state index in [0.29, 0.717) is 28.7 Å². The highest BCUT2D eigenvalue weighted by atomic mass is 19.2. The van der Waals surface area contributed by atoms with Crippen LogP contribution in [0.1, 0.15) is 46.9 Å². The Balaban J connectivity index is 1.42. The Bertz CT molecular complexity index is 1440. The van der Waals surface area contributed by atoms with E-state index in [-0.39, 0.29) is 23.6 Å². The fourth-order valence-electron chi connectivity index (χ4n) is 5.42. The molecule has 0 saturated carbocycles. The Morgan fingerprint density at radius 3 is 2.65 bits per heavy atom. The molecule has 0 unspecified atom stereocenters. The zero-order valence-corrected chi connectivity index (χ0v) is 18.3. The molecule has 6 nitrogen and oxygen atoms in total. The molecule has 2 atom stereocenters. The number of nitrogens with zero attached hydrogens (tertiary/aromatic N) is 5. The summed E-state index contributed by atoms with van der Waals surface area (Å²) < 4.78 is 43.1. The van der Waals surface area contributed by atoms with Gasteiger partial charge in [0.15, 0.2) is 17.5 Å². The number of benzene rings is 1. The Morgan fingerprint density at radius 2 is 1.85 bits per heavy atom. The van der Waals surface area contributed by atoms with Crippen molar-refractivity contribution in [2.75, 3.05) is 0 Å². The van der Waals surface area contributed by atoms with Crippen LogP contribution in [-0.4, -0.2) is 36.6 Å². The number of aryl methyl sites for hydroxylation is 1. The molecule has 3 aromatic heterocycles. The maximum atomic E-state index is 14.0. The van der Waals surface area contributed by atoms with E-state index < -0.39 is 17.5 Å². The zero-order chi connectivity index (χ0) is 23.6. The van der Waals surface area contributed by atoms with Gasteiger partial charge in [-0.1, -0.05) is 0 Å². The molecule has 0 aliphatic carbocycles. The second-order valence-corrected chi connectivity index (χ2v) is 8.87. The maximum absolute atomic E-state index is 14.0. The Labute approximate surface area is 193 Å². The molecule has 0 radical (unpaired) electrons. The quantitative estimate of drug-likeness (QED) is 0.403. The van der Waals surface area contributed by atoms with Gasteiger partial charge in [-0.15, -0.1) is 0 Å². The van der Waals surface area contributed by atoms with E-state index in [4.69, 9.17) is 0 Å². The van der Waals surface area contributed by atoms with E-state index in [9.17, 15) is 18.0 Å². The minimum Gasteiger partial charge on any atom is -0.327 e. The zero-order valence-electron chi connectivity index (χ0n) is 18.3. The van der Waals surface area contributed by atoms with Gasteiger partial charge in [0.1, 0.15) is 0 Å². The number of carbonyl (C=O) groups excluding carboxylic acids is 1. The predicted molar refractivity (Wildman–Crippen MR) is 118 cm³/mol. The first-order valence-corrected chi connectivity index (χ1v) is 11.2. The molecule has 2 aliphatic rings. The van der Waals surface area contributed by atoms with Gasteiger partial charge in [-0.2, -0.15) is 5.10 Å². The second kappa shape index (κ2) is 7.65. The summed E-state index contributed by atoms with van der Waals surface area (Å²) >= 11 is 0. The van der Waals surface area contributed by atoms with Gasteiger partial charge >= 0.3 is 0 Å². The van der Waals surface area contributed by atoms with E-state index >= 15 is 0 Å². The first-order chi connectivity index (χ1) is 16.4. The third-order valence-electron chi connectivity index (χ3n) is 6.87. The van der Waals surface area contributed by atoms with Crippen molar-refractivity contribution >= 4 is 16.9 Å². The topological polar surface area (TPSA) is 63.9 Å². The number of aromatic nitrogens is 4. The molecule has 6 rings (SSSR count). The molecule has 2 bridgehead atoms. The van der Waals surface area contributed by atoms with Crippen LogP contribution >= 0.6 is 0 Å². The fourth-order valence-corrected chi connectivity index (χ4v) is 5.42. The van der Waals surface area contributed by atoms with Crippen molar-refractivity contribution in [1.82, 2.24) is 24.6 Å². The molecule has 9 heteroatoms. The molecule has 1 fully saturated rings. The number of rotatable bonds is 2. The van der Waals surface area contributed by atoms with Crippen molar-refractivity contribution in [3.05, 3.63) is 77.0 Å². The van der Waals surface area contributed by atoms with Gasteiger partial charge in [0.25, 0.3) is 5.91 Å². The lowest BCUT2D eigenvalue weighted by Crippen LogP contribution is -2.49. The summed E-state index contributed by atoms with van der Waals surface area (Å²) in [6.07, 6.45) is 6.23. The lowest BCUT2D eigenvalue weighted by atomic mass is 9.81. The molecule has 4 aromatic rings. The van der Waals surface area contributed by atoms with Crippen molar-refractivity contribution in [3.8, 4) is 11.3 Å². The summed E-state index contributed by atoms with van der Waals surface area (Å²) in [5.74, 6) is -4.11. The highest BCUT2D eigenvalue weighted by Gasteiger charge is 2.43. The number of hydrogen-bond acceptors (Lipinski definition) is 4. The summed E-state index contributed by atoms with van der Waals surface area (Å²) in [7, 11) is 1.70. The number of fused-ring (bicyclic) bond motifs is 5. The minimum atomic E-state index is -1.49. The number of carbonyl (C=O) groups is 1. The number of piperidine rings is 1. The smallest absolute Gasteiger partial charge is 0.256 e. The first kappa shape index (κ1) is 20.8. The van der Waals surface area contributed by atoms with E-state index in [1.165, 1.54) is 0 Å². The second-order valence-electron chi connectivity index (χ2n) is 8.87. The van der Waals surface area contributed by atoms with Gasteiger partial charge in [0, 0.05) is 36.6 Å². The molecule has 0 N–H and O–H groups in total. The number of pyridine rings is 2. The number of amides is 1. The van der Waals surface area contributed by atoms with Crippen molar-refractivity contribution in [3.63, 3.8) is 0 Å². The summed E-state index contributed by atoms with van der Waals surface area (Å²) in [5, 5.41) is 4.66. The van der Waals surface area contributed by atoms with Gasteiger partial charge in [-0.05, 0) is 56.0 Å². The highest BCUT2D eigenvalue weighted by Crippen LogP contribution is 2.45. The molecule has 172 valence electrons. The molecule has 1 amide bonds. The van der Waals surface area contributed by atoms with Crippen LogP contribution in [0.5, 0.6) is 0 Å². The lowest BCUT2D eigenvalue weighted by molar-refractivity contribution is 0.0391. The molecule has 5 heterocycles. The molecule has 1 saturated heterocycles. The molecule has 2 aliphatic heterocycles. The summed E-state index contributed by atoms with van der Waals surface area (Å²) in [5.41, 5.74) is 4.18. The van der Waals surface area contributed by atoms with Crippen LogP contribution in [0.25, 0.3) is 22.3 Å². The van der Waals surface area contributed by atoms with Gasteiger partial charge in [-0.25, -0.2) is 13.2 Å². The van der Waals surface area contributed by atoms with Crippen LogP contribution in [0.15, 0.2) is 42.7 Å². The third kappa shape index (κ3) is 3.10. The first-order valence-electron chi connectivity index (χ1n) is 11.2. The third-order valence-corrected chi connectivity index (χ3v) is 6.87. The monoisotopic (exact) mass is 463 g/mol. The summed E-state index contributed by atoms with van der Waals surface area (Å²) in [6.45, 7) is 0. The van der Waals surface area contributed by atoms with Crippen LogP contribution in [0.4, 0.5) is 13.2 Å². The van der Waals surface area contributed by atoms with E-state index in [0.717, 1.165) is 42.7 Å². The Kier molecular flexibility index (Phi) is 4.68. The number of halogens is 3. The molecule has 0 spiro atoms. The number of hydrogen-bond donors (Lipinski definition) is 0. The summed E-state index contributed by atoms with van der Waals surface area (Å²) in [6, 6.07) is 7.04. The lowest BCUT2D eigenvalue weighted by Gasteiger charge is -2.45. The molecular weight excluding hydrogens is 443 g/mol. The van der Waals surface area contributed by atoms with Crippen molar-refractivity contribution in [2.45, 2.75) is 37.8 Å². The average molecular weight is 463 g/mol. The van der Waals surface area contributed by atoms with Crippen molar-refractivity contribution in [1.29, 1.82) is 0 Å². The predicted octanol–water partition coefficient (Wildman–Crippen LogP) is 4.74. The van der Waals surface area contributed by atoms with E-state index in [2.05, 4.69) is 15.1 Å². The van der Waals surface area contributed by atoms with Crippen LogP contribution in [0.3, 0.4) is 0 Å². The standard InChI is InChI=1S/C25H20F3N5O/c1-32-24(13-8-17(26)22(28)18(27)9-13)16-11-15-4-2-6-21(23(16)31-32)33(15)25(34)14-10-20-19(30-12-14)5-3-7-29-20/h3,5,7-10,12,15,21H,2,4,6,11H2,1H3/t15-,21-/m1/s1. The van der Waals surface area contributed by atoms with E-state index in [1.54, 1.807) is 36.3 Å². The Hall–Kier alpha value is -3.75. The molecule has 34 heavy (non-hydrogen) atoms. The van der Waals surface area contributed by atoms with E-state index in [1.807, 2.05) is 11.0 Å². The van der Waals surface area contributed by atoms with Crippen LogP contribution < -0.4 is 0 Å². The van der Waals surface area contributed by atoms with Crippen molar-refractivity contribution in [2.24, 2.45) is 7.05 Å². The van der Waals surface area contributed by atoms with Crippen molar-refractivity contribution < 1.29 is 18.0 Å².